The van der Waals surface area contributed by atoms with Crippen LogP contribution >= 0.6 is 0 Å². The van der Waals surface area contributed by atoms with E-state index >= 15 is 0 Å². The van der Waals surface area contributed by atoms with Crippen molar-refractivity contribution < 1.29 is 9.53 Å². The molecule has 1 saturated heterocycles. The van der Waals surface area contributed by atoms with Crippen LogP contribution in [0.2, 0.25) is 0 Å². The molecule has 4 heteroatoms. The lowest BCUT2D eigenvalue weighted by Crippen LogP contribution is -2.40. The smallest absolute Gasteiger partial charge is 0.246 e. The lowest BCUT2D eigenvalue weighted by Gasteiger charge is -2.23. The summed E-state index contributed by atoms with van der Waals surface area (Å²) in [6, 6.07) is 3.78. The molecule has 74 valence electrons. The van der Waals surface area contributed by atoms with Crippen LogP contribution in [0, 0.1) is 6.92 Å². The number of rotatable bonds is 1. The molecule has 1 aliphatic rings. The third kappa shape index (κ3) is 1.90. The first-order valence-electron chi connectivity index (χ1n) is 4.55. The van der Waals surface area contributed by atoms with E-state index in [9.17, 15) is 4.79 Å². The van der Waals surface area contributed by atoms with E-state index in [0.29, 0.717) is 6.61 Å². The molecular weight excluding hydrogens is 180 g/mol. The fourth-order valence-corrected chi connectivity index (χ4v) is 1.46. The van der Waals surface area contributed by atoms with Crippen LogP contribution in [0.5, 0.6) is 0 Å². The Labute approximate surface area is 82.3 Å². The lowest BCUT2D eigenvalue weighted by atomic mass is 10.1. The molecule has 0 aliphatic carbocycles. The molecule has 0 bridgehead atoms. The zero-order valence-corrected chi connectivity index (χ0v) is 7.99. The topological polar surface area (TPSA) is 51.2 Å². The van der Waals surface area contributed by atoms with Crippen molar-refractivity contribution in [3.63, 3.8) is 0 Å². The molecule has 1 atom stereocenters. The van der Waals surface area contributed by atoms with Gasteiger partial charge in [0, 0.05) is 6.20 Å². The van der Waals surface area contributed by atoms with Crippen molar-refractivity contribution in [1.82, 2.24) is 10.3 Å². The Balaban J connectivity index is 2.17. The molecule has 1 amide bonds. The van der Waals surface area contributed by atoms with Gasteiger partial charge >= 0.3 is 0 Å². The van der Waals surface area contributed by atoms with Crippen molar-refractivity contribution in [3.05, 3.63) is 29.6 Å². The van der Waals surface area contributed by atoms with Crippen LogP contribution in [0.15, 0.2) is 18.3 Å². The van der Waals surface area contributed by atoms with Gasteiger partial charge < -0.3 is 10.1 Å². The molecule has 1 unspecified atom stereocenters. The van der Waals surface area contributed by atoms with Crippen molar-refractivity contribution in [2.24, 2.45) is 0 Å². The zero-order chi connectivity index (χ0) is 9.97. The van der Waals surface area contributed by atoms with E-state index in [1.54, 1.807) is 6.20 Å². The number of ether oxygens (including phenoxy) is 1. The first kappa shape index (κ1) is 9.15. The van der Waals surface area contributed by atoms with Crippen molar-refractivity contribution >= 4 is 5.91 Å². The number of aromatic nitrogens is 1. The lowest BCUT2D eigenvalue weighted by molar-refractivity contribution is -0.131. The first-order valence-corrected chi connectivity index (χ1v) is 4.55. The van der Waals surface area contributed by atoms with Gasteiger partial charge in [0.2, 0.25) is 5.91 Å². The van der Waals surface area contributed by atoms with Crippen molar-refractivity contribution in [2.45, 2.75) is 13.0 Å². The Kier molecular flexibility index (Phi) is 2.45. The average Bonchev–Trinajstić information content (AvgIpc) is 2.18. The highest BCUT2D eigenvalue weighted by Gasteiger charge is 2.20. The Morgan fingerprint density at radius 1 is 1.64 bits per heavy atom. The quantitative estimate of drug-likeness (QED) is 0.708. The first-order chi connectivity index (χ1) is 6.75. The van der Waals surface area contributed by atoms with E-state index < -0.39 is 0 Å². The Hall–Kier alpha value is -1.42. The summed E-state index contributed by atoms with van der Waals surface area (Å²) in [7, 11) is 0. The van der Waals surface area contributed by atoms with Crippen LogP contribution in [0.4, 0.5) is 0 Å². The highest BCUT2D eigenvalue weighted by Crippen LogP contribution is 2.14. The number of carbonyl (C=O) groups excluding carboxylic acids is 1. The van der Waals surface area contributed by atoms with Crippen LogP contribution in [-0.4, -0.2) is 24.1 Å². The standard InChI is InChI=1S/C10H12N2O2/c1-7-2-3-11-8(4-7)9-5-14-6-10(13)12-9/h2-4,9H,5-6H2,1H3,(H,12,13). The van der Waals surface area contributed by atoms with Crippen molar-refractivity contribution in [2.75, 3.05) is 13.2 Å². The molecule has 14 heavy (non-hydrogen) atoms. The third-order valence-corrected chi connectivity index (χ3v) is 2.15. The highest BCUT2D eigenvalue weighted by atomic mass is 16.5. The van der Waals surface area contributed by atoms with Gasteiger partial charge in [0.05, 0.1) is 18.3 Å². The van der Waals surface area contributed by atoms with Crippen LogP contribution in [-0.2, 0) is 9.53 Å². The van der Waals surface area contributed by atoms with Gasteiger partial charge in [-0.15, -0.1) is 0 Å². The van der Waals surface area contributed by atoms with Gasteiger partial charge in [-0.2, -0.15) is 0 Å². The molecule has 1 aliphatic heterocycles. The van der Waals surface area contributed by atoms with Gasteiger partial charge in [-0.3, -0.25) is 9.78 Å². The molecule has 0 spiro atoms. The van der Waals surface area contributed by atoms with E-state index in [0.717, 1.165) is 11.3 Å². The van der Waals surface area contributed by atoms with Gasteiger partial charge in [0.1, 0.15) is 6.61 Å². The predicted molar refractivity (Wildman–Crippen MR) is 50.7 cm³/mol. The SMILES string of the molecule is Cc1ccnc(C2COCC(=O)N2)c1. The second-order valence-corrected chi connectivity index (χ2v) is 3.39. The molecule has 1 N–H and O–H groups in total. The number of carbonyl (C=O) groups is 1. The minimum Gasteiger partial charge on any atom is -0.369 e. The average molecular weight is 192 g/mol. The minimum absolute atomic E-state index is 0.0791. The number of amides is 1. The summed E-state index contributed by atoms with van der Waals surface area (Å²) >= 11 is 0. The molecular formula is C10H12N2O2. The van der Waals surface area contributed by atoms with Crippen molar-refractivity contribution in [1.29, 1.82) is 0 Å². The van der Waals surface area contributed by atoms with Gasteiger partial charge in [-0.05, 0) is 24.6 Å². The molecule has 0 saturated carbocycles. The number of aryl methyl sites for hydroxylation is 1. The second kappa shape index (κ2) is 3.75. The summed E-state index contributed by atoms with van der Waals surface area (Å²) in [5.41, 5.74) is 1.99. The van der Waals surface area contributed by atoms with E-state index in [2.05, 4.69) is 10.3 Å². The Bertz CT molecular complexity index is 352. The van der Waals surface area contributed by atoms with Gasteiger partial charge in [0.25, 0.3) is 0 Å². The van der Waals surface area contributed by atoms with Crippen LogP contribution in [0.3, 0.4) is 0 Å². The predicted octanol–water partition coefficient (Wildman–Crippen LogP) is 0.578. The number of hydrogen-bond acceptors (Lipinski definition) is 3. The molecule has 0 radical (unpaired) electrons. The number of hydrogen-bond donors (Lipinski definition) is 1. The maximum Gasteiger partial charge on any atom is 0.246 e. The van der Waals surface area contributed by atoms with Gasteiger partial charge in [-0.25, -0.2) is 0 Å². The van der Waals surface area contributed by atoms with Gasteiger partial charge in [0.15, 0.2) is 0 Å². The Morgan fingerprint density at radius 2 is 2.50 bits per heavy atom. The molecule has 2 rings (SSSR count). The van der Waals surface area contributed by atoms with Crippen LogP contribution in [0.25, 0.3) is 0 Å². The molecule has 4 nitrogen and oxygen atoms in total. The third-order valence-electron chi connectivity index (χ3n) is 2.15. The maximum atomic E-state index is 11.1. The van der Waals surface area contributed by atoms with Gasteiger partial charge in [-0.1, -0.05) is 0 Å². The number of nitrogens with one attached hydrogen (secondary N) is 1. The minimum atomic E-state index is -0.101. The number of morpholine rings is 1. The van der Waals surface area contributed by atoms with E-state index in [-0.39, 0.29) is 18.6 Å². The van der Waals surface area contributed by atoms with E-state index in [1.165, 1.54) is 0 Å². The highest BCUT2D eigenvalue weighted by molar-refractivity contribution is 5.78. The maximum absolute atomic E-state index is 11.1. The Morgan fingerprint density at radius 3 is 3.21 bits per heavy atom. The largest absolute Gasteiger partial charge is 0.369 e. The fraction of sp³-hybridized carbons (Fsp3) is 0.400. The molecule has 1 fully saturated rings. The van der Waals surface area contributed by atoms with E-state index in [1.807, 2.05) is 19.1 Å². The molecule has 1 aromatic rings. The molecule has 2 heterocycles. The number of pyridine rings is 1. The number of nitrogens with zero attached hydrogens (tertiary/aromatic N) is 1. The summed E-state index contributed by atoms with van der Waals surface area (Å²) in [6.45, 7) is 2.65. The zero-order valence-electron chi connectivity index (χ0n) is 7.99. The summed E-state index contributed by atoms with van der Waals surface area (Å²) in [6.07, 6.45) is 1.74. The fourth-order valence-electron chi connectivity index (χ4n) is 1.46. The summed E-state index contributed by atoms with van der Waals surface area (Å²) < 4.78 is 5.14. The molecule has 0 aromatic carbocycles. The summed E-state index contributed by atoms with van der Waals surface area (Å²) in [5, 5.41) is 2.83. The second-order valence-electron chi connectivity index (χ2n) is 3.39. The molecule has 1 aromatic heterocycles. The normalized spacial score (nSPS) is 21.8. The summed E-state index contributed by atoms with van der Waals surface area (Å²) in [5.74, 6) is -0.0791. The van der Waals surface area contributed by atoms with Crippen LogP contribution in [0.1, 0.15) is 17.3 Å². The van der Waals surface area contributed by atoms with E-state index in [4.69, 9.17) is 4.74 Å². The van der Waals surface area contributed by atoms with Crippen molar-refractivity contribution in [3.8, 4) is 0 Å². The van der Waals surface area contributed by atoms with Crippen LogP contribution < -0.4 is 5.32 Å². The summed E-state index contributed by atoms with van der Waals surface area (Å²) in [4.78, 5) is 15.3. The monoisotopic (exact) mass is 192 g/mol.